The average Bonchev–Trinajstić information content (AvgIpc) is 2.54. The molecule has 2 aromatic rings. The third kappa shape index (κ3) is 3.51. The first kappa shape index (κ1) is 15.3. The molecule has 2 N–H and O–H groups in total. The van der Waals surface area contributed by atoms with Crippen molar-refractivity contribution in [2.75, 3.05) is 17.7 Å². The van der Waals surface area contributed by atoms with Crippen LogP contribution in [0, 0.1) is 6.92 Å². The number of hydrogen-bond donors (Lipinski definition) is 2. The standard InChI is InChI=1S/C17H24N4/c1-5-13-9-7-8-10-14(13)11-19-17-12(3)16(18-4)20-15(6-2)21-17/h7-10H,5-6,11H2,1-4H3,(H2,18,19,20,21). The molecule has 0 spiro atoms. The molecule has 0 aliphatic carbocycles. The molecule has 112 valence electrons. The lowest BCUT2D eigenvalue weighted by Crippen LogP contribution is -2.10. The maximum absolute atomic E-state index is 4.61. The summed E-state index contributed by atoms with van der Waals surface area (Å²) in [6.45, 7) is 7.08. The maximum Gasteiger partial charge on any atom is 0.135 e. The van der Waals surface area contributed by atoms with E-state index in [-0.39, 0.29) is 0 Å². The highest BCUT2D eigenvalue weighted by molar-refractivity contribution is 5.57. The quantitative estimate of drug-likeness (QED) is 0.851. The zero-order chi connectivity index (χ0) is 15.2. The Morgan fingerprint density at radius 3 is 2.24 bits per heavy atom. The van der Waals surface area contributed by atoms with E-state index in [0.29, 0.717) is 0 Å². The molecule has 1 heterocycles. The molecule has 0 amide bonds. The highest BCUT2D eigenvalue weighted by atomic mass is 15.1. The molecule has 1 aromatic heterocycles. The Kier molecular flexibility index (Phi) is 5.14. The maximum atomic E-state index is 4.61. The van der Waals surface area contributed by atoms with Crippen LogP contribution < -0.4 is 10.6 Å². The van der Waals surface area contributed by atoms with Gasteiger partial charge in [-0.3, -0.25) is 0 Å². The summed E-state index contributed by atoms with van der Waals surface area (Å²) in [4.78, 5) is 9.10. The van der Waals surface area contributed by atoms with Crippen molar-refractivity contribution >= 4 is 11.6 Å². The molecule has 4 heteroatoms. The van der Waals surface area contributed by atoms with Crippen LogP contribution >= 0.6 is 0 Å². The fourth-order valence-electron chi connectivity index (χ4n) is 2.39. The van der Waals surface area contributed by atoms with Gasteiger partial charge in [-0.25, -0.2) is 9.97 Å². The van der Waals surface area contributed by atoms with Crippen molar-refractivity contribution in [3.63, 3.8) is 0 Å². The molecule has 0 fully saturated rings. The van der Waals surface area contributed by atoms with Gasteiger partial charge in [0.2, 0.25) is 0 Å². The van der Waals surface area contributed by atoms with Crippen LogP contribution in [0.4, 0.5) is 11.6 Å². The molecule has 2 rings (SSSR count). The van der Waals surface area contributed by atoms with Crippen molar-refractivity contribution < 1.29 is 0 Å². The van der Waals surface area contributed by atoms with E-state index < -0.39 is 0 Å². The van der Waals surface area contributed by atoms with E-state index in [2.05, 4.69) is 58.7 Å². The van der Waals surface area contributed by atoms with E-state index in [0.717, 1.165) is 42.4 Å². The minimum absolute atomic E-state index is 0.786. The number of rotatable bonds is 6. The van der Waals surface area contributed by atoms with Crippen molar-refractivity contribution in [3.05, 3.63) is 46.8 Å². The molecule has 1 aromatic carbocycles. The zero-order valence-electron chi connectivity index (χ0n) is 13.3. The molecule has 4 nitrogen and oxygen atoms in total. The first-order valence-corrected chi connectivity index (χ1v) is 7.55. The summed E-state index contributed by atoms with van der Waals surface area (Å²) in [7, 11) is 1.89. The minimum Gasteiger partial charge on any atom is -0.373 e. The van der Waals surface area contributed by atoms with Gasteiger partial charge in [-0.15, -0.1) is 0 Å². The molecule has 0 bridgehead atoms. The topological polar surface area (TPSA) is 49.8 Å². The van der Waals surface area contributed by atoms with Crippen LogP contribution in [0.2, 0.25) is 0 Å². The SMILES string of the molecule is CCc1nc(NC)c(C)c(NCc2ccccc2CC)n1. The summed E-state index contributed by atoms with van der Waals surface area (Å²) in [5.41, 5.74) is 3.76. The Morgan fingerprint density at radius 1 is 0.952 bits per heavy atom. The van der Waals surface area contributed by atoms with Gasteiger partial charge >= 0.3 is 0 Å². The lowest BCUT2D eigenvalue weighted by molar-refractivity contribution is 0.922. The molecule has 0 saturated carbocycles. The fourth-order valence-corrected chi connectivity index (χ4v) is 2.39. The van der Waals surface area contributed by atoms with Gasteiger partial charge in [-0.05, 0) is 24.5 Å². The van der Waals surface area contributed by atoms with E-state index in [1.54, 1.807) is 0 Å². The summed E-state index contributed by atoms with van der Waals surface area (Å²) in [6.07, 6.45) is 1.87. The Hall–Kier alpha value is -2.10. The third-order valence-corrected chi connectivity index (χ3v) is 3.69. The van der Waals surface area contributed by atoms with Gasteiger partial charge in [0.25, 0.3) is 0 Å². The lowest BCUT2D eigenvalue weighted by Gasteiger charge is -2.14. The van der Waals surface area contributed by atoms with Gasteiger partial charge in [0, 0.05) is 25.6 Å². The van der Waals surface area contributed by atoms with Crippen LogP contribution in [0.1, 0.15) is 36.4 Å². The van der Waals surface area contributed by atoms with E-state index in [1.807, 2.05) is 14.0 Å². The summed E-state index contributed by atoms with van der Waals surface area (Å²) in [5.74, 6) is 2.67. The predicted octanol–water partition coefficient (Wildman–Crippen LogP) is 3.56. The lowest BCUT2D eigenvalue weighted by atomic mass is 10.1. The smallest absolute Gasteiger partial charge is 0.135 e. The van der Waals surface area contributed by atoms with Crippen LogP contribution in [-0.2, 0) is 19.4 Å². The second kappa shape index (κ2) is 7.07. The highest BCUT2D eigenvalue weighted by Gasteiger charge is 2.09. The summed E-state index contributed by atoms with van der Waals surface area (Å²) in [5, 5.41) is 6.60. The molecule has 21 heavy (non-hydrogen) atoms. The first-order chi connectivity index (χ1) is 10.2. The highest BCUT2D eigenvalue weighted by Crippen LogP contribution is 2.21. The summed E-state index contributed by atoms with van der Waals surface area (Å²) >= 11 is 0. The van der Waals surface area contributed by atoms with Gasteiger partial charge in [0.15, 0.2) is 0 Å². The van der Waals surface area contributed by atoms with Crippen molar-refractivity contribution in [3.8, 4) is 0 Å². The monoisotopic (exact) mass is 284 g/mol. The Labute approximate surface area is 127 Å². The molecule has 0 saturated heterocycles. The van der Waals surface area contributed by atoms with Gasteiger partial charge in [0.05, 0.1) is 0 Å². The van der Waals surface area contributed by atoms with Crippen LogP contribution in [0.15, 0.2) is 24.3 Å². The third-order valence-electron chi connectivity index (χ3n) is 3.69. The molecule has 0 radical (unpaired) electrons. The van der Waals surface area contributed by atoms with Crippen molar-refractivity contribution in [2.24, 2.45) is 0 Å². The molecule has 0 aliphatic heterocycles. The Morgan fingerprint density at radius 2 is 1.62 bits per heavy atom. The zero-order valence-corrected chi connectivity index (χ0v) is 13.3. The summed E-state index contributed by atoms with van der Waals surface area (Å²) in [6, 6.07) is 8.52. The number of hydrogen-bond acceptors (Lipinski definition) is 4. The number of aryl methyl sites for hydroxylation is 2. The van der Waals surface area contributed by atoms with Gasteiger partial charge in [-0.2, -0.15) is 0 Å². The second-order valence-electron chi connectivity index (χ2n) is 5.04. The van der Waals surface area contributed by atoms with Gasteiger partial charge in [-0.1, -0.05) is 38.1 Å². The van der Waals surface area contributed by atoms with Crippen LogP contribution in [0.3, 0.4) is 0 Å². The minimum atomic E-state index is 0.786. The molecule has 0 unspecified atom stereocenters. The van der Waals surface area contributed by atoms with E-state index in [4.69, 9.17) is 0 Å². The Balaban J connectivity index is 2.23. The van der Waals surface area contributed by atoms with Crippen LogP contribution in [0.25, 0.3) is 0 Å². The summed E-state index contributed by atoms with van der Waals surface area (Å²) < 4.78 is 0. The van der Waals surface area contributed by atoms with E-state index in [1.165, 1.54) is 11.1 Å². The van der Waals surface area contributed by atoms with Crippen LogP contribution in [-0.4, -0.2) is 17.0 Å². The van der Waals surface area contributed by atoms with Crippen molar-refractivity contribution in [1.82, 2.24) is 9.97 Å². The predicted molar refractivity (Wildman–Crippen MR) is 88.8 cm³/mol. The molecule has 0 atom stereocenters. The van der Waals surface area contributed by atoms with E-state index >= 15 is 0 Å². The van der Waals surface area contributed by atoms with Crippen LogP contribution in [0.5, 0.6) is 0 Å². The van der Waals surface area contributed by atoms with Gasteiger partial charge in [0.1, 0.15) is 17.5 Å². The average molecular weight is 284 g/mol. The number of nitrogens with zero attached hydrogens (tertiary/aromatic N) is 2. The number of nitrogens with one attached hydrogen (secondary N) is 2. The molecular formula is C17H24N4. The van der Waals surface area contributed by atoms with Crippen molar-refractivity contribution in [2.45, 2.75) is 40.2 Å². The first-order valence-electron chi connectivity index (χ1n) is 7.55. The fraction of sp³-hybridized carbons (Fsp3) is 0.412. The van der Waals surface area contributed by atoms with E-state index in [9.17, 15) is 0 Å². The molecule has 0 aliphatic rings. The second-order valence-corrected chi connectivity index (χ2v) is 5.04. The number of aromatic nitrogens is 2. The Bertz CT molecular complexity index is 608. The largest absolute Gasteiger partial charge is 0.373 e. The van der Waals surface area contributed by atoms with Crippen molar-refractivity contribution in [1.29, 1.82) is 0 Å². The number of benzene rings is 1. The molecular weight excluding hydrogens is 260 g/mol. The van der Waals surface area contributed by atoms with Gasteiger partial charge < -0.3 is 10.6 Å². The normalized spacial score (nSPS) is 10.5. The number of anilines is 2.